The number of carbonyl (C=O) groups is 2. The van der Waals surface area contributed by atoms with E-state index < -0.39 is 0 Å². The summed E-state index contributed by atoms with van der Waals surface area (Å²) < 4.78 is 5.35. The van der Waals surface area contributed by atoms with E-state index in [9.17, 15) is 9.59 Å². The van der Waals surface area contributed by atoms with Crippen molar-refractivity contribution in [3.05, 3.63) is 65.7 Å². The van der Waals surface area contributed by atoms with Crippen molar-refractivity contribution in [1.29, 1.82) is 0 Å². The van der Waals surface area contributed by atoms with Crippen LogP contribution in [0.15, 0.2) is 54.6 Å². The molecule has 148 valence electrons. The second-order valence-electron chi connectivity index (χ2n) is 7.21. The molecule has 1 fully saturated rings. The van der Waals surface area contributed by atoms with E-state index in [1.165, 1.54) is 0 Å². The standard InChI is InChI=1S/C23H28N2O3/c1-3-4-13-24-22(26)21-16-25(23(27)17-9-6-5-7-10-17)15-20(21)18-11-8-12-19(14-18)28-2/h5-12,14,20-21H,3-4,13,15-16H2,1-2H3,(H,24,26). The summed E-state index contributed by atoms with van der Waals surface area (Å²) >= 11 is 0. The van der Waals surface area contributed by atoms with Crippen LogP contribution < -0.4 is 10.1 Å². The fourth-order valence-corrected chi connectivity index (χ4v) is 3.73. The number of rotatable bonds is 7. The average molecular weight is 380 g/mol. The number of amides is 2. The molecule has 0 radical (unpaired) electrons. The fraction of sp³-hybridized carbons (Fsp3) is 0.391. The Hall–Kier alpha value is -2.82. The molecule has 2 atom stereocenters. The van der Waals surface area contributed by atoms with Crippen molar-refractivity contribution in [2.75, 3.05) is 26.7 Å². The van der Waals surface area contributed by atoms with E-state index in [2.05, 4.69) is 12.2 Å². The van der Waals surface area contributed by atoms with Crippen molar-refractivity contribution < 1.29 is 14.3 Å². The highest BCUT2D eigenvalue weighted by atomic mass is 16.5. The summed E-state index contributed by atoms with van der Waals surface area (Å²) in [5, 5.41) is 3.04. The zero-order valence-corrected chi connectivity index (χ0v) is 16.6. The monoisotopic (exact) mass is 380 g/mol. The van der Waals surface area contributed by atoms with Crippen LogP contribution in [0.25, 0.3) is 0 Å². The third-order valence-corrected chi connectivity index (χ3v) is 5.32. The van der Waals surface area contributed by atoms with E-state index in [1.807, 2.05) is 54.6 Å². The first-order valence-electron chi connectivity index (χ1n) is 9.90. The second kappa shape index (κ2) is 9.40. The molecule has 28 heavy (non-hydrogen) atoms. The lowest BCUT2D eigenvalue weighted by molar-refractivity contribution is -0.124. The van der Waals surface area contributed by atoms with Gasteiger partial charge in [-0.3, -0.25) is 9.59 Å². The highest BCUT2D eigenvalue weighted by Crippen LogP contribution is 2.35. The number of nitrogens with zero attached hydrogens (tertiary/aromatic N) is 1. The van der Waals surface area contributed by atoms with Gasteiger partial charge in [0.25, 0.3) is 5.91 Å². The van der Waals surface area contributed by atoms with Crippen molar-refractivity contribution >= 4 is 11.8 Å². The van der Waals surface area contributed by atoms with Gasteiger partial charge in [-0.05, 0) is 36.2 Å². The lowest BCUT2D eigenvalue weighted by Gasteiger charge is -2.18. The Labute approximate surface area is 166 Å². The fourth-order valence-electron chi connectivity index (χ4n) is 3.73. The number of benzene rings is 2. The predicted molar refractivity (Wildman–Crippen MR) is 109 cm³/mol. The van der Waals surface area contributed by atoms with Gasteiger partial charge in [0.2, 0.25) is 5.91 Å². The maximum Gasteiger partial charge on any atom is 0.253 e. The van der Waals surface area contributed by atoms with E-state index in [1.54, 1.807) is 12.0 Å². The maximum atomic E-state index is 12.9. The van der Waals surface area contributed by atoms with Crippen LogP contribution in [0.2, 0.25) is 0 Å². The highest BCUT2D eigenvalue weighted by Gasteiger charge is 2.40. The van der Waals surface area contributed by atoms with Crippen LogP contribution in [0.1, 0.15) is 41.6 Å². The normalized spacial score (nSPS) is 18.7. The molecule has 5 heteroatoms. The van der Waals surface area contributed by atoms with Crippen LogP contribution >= 0.6 is 0 Å². The van der Waals surface area contributed by atoms with E-state index >= 15 is 0 Å². The molecule has 0 spiro atoms. The van der Waals surface area contributed by atoms with Crippen LogP contribution in [0.3, 0.4) is 0 Å². The minimum atomic E-state index is -0.267. The van der Waals surface area contributed by atoms with Crippen LogP contribution in [-0.4, -0.2) is 43.5 Å². The first-order valence-corrected chi connectivity index (χ1v) is 9.90. The van der Waals surface area contributed by atoms with Gasteiger partial charge >= 0.3 is 0 Å². The van der Waals surface area contributed by atoms with E-state index in [-0.39, 0.29) is 23.7 Å². The Morgan fingerprint density at radius 1 is 1.11 bits per heavy atom. The molecule has 0 saturated carbocycles. The summed E-state index contributed by atoms with van der Waals surface area (Å²) in [5.74, 6) is 0.429. The number of methoxy groups -OCH3 is 1. The largest absolute Gasteiger partial charge is 0.497 e. The van der Waals surface area contributed by atoms with Crippen LogP contribution in [-0.2, 0) is 4.79 Å². The van der Waals surface area contributed by atoms with Gasteiger partial charge in [0.1, 0.15) is 5.75 Å². The Morgan fingerprint density at radius 2 is 1.89 bits per heavy atom. The second-order valence-corrected chi connectivity index (χ2v) is 7.21. The smallest absolute Gasteiger partial charge is 0.253 e. The van der Waals surface area contributed by atoms with Crippen molar-refractivity contribution in [3.63, 3.8) is 0 Å². The minimum Gasteiger partial charge on any atom is -0.497 e. The molecule has 1 saturated heterocycles. The zero-order chi connectivity index (χ0) is 19.9. The Kier molecular flexibility index (Phi) is 6.69. The minimum absolute atomic E-state index is 0.0182. The Bertz CT molecular complexity index is 807. The van der Waals surface area contributed by atoms with Crippen molar-refractivity contribution in [3.8, 4) is 5.75 Å². The summed E-state index contributed by atoms with van der Waals surface area (Å²) in [4.78, 5) is 27.6. The van der Waals surface area contributed by atoms with Gasteiger partial charge in [0, 0.05) is 31.1 Å². The van der Waals surface area contributed by atoms with Crippen LogP contribution in [0, 0.1) is 5.92 Å². The quantitative estimate of drug-likeness (QED) is 0.749. The van der Waals surface area contributed by atoms with Gasteiger partial charge in [-0.15, -0.1) is 0 Å². The van der Waals surface area contributed by atoms with Crippen molar-refractivity contribution in [2.45, 2.75) is 25.7 Å². The van der Waals surface area contributed by atoms with Crippen LogP contribution in [0.5, 0.6) is 5.75 Å². The molecular weight excluding hydrogens is 352 g/mol. The lowest BCUT2D eigenvalue weighted by atomic mass is 9.88. The van der Waals surface area contributed by atoms with Gasteiger partial charge in [0.15, 0.2) is 0 Å². The first-order chi connectivity index (χ1) is 13.6. The predicted octanol–water partition coefficient (Wildman–Crippen LogP) is 3.47. The Balaban J connectivity index is 1.83. The first kappa shape index (κ1) is 19.9. The molecule has 0 aromatic heterocycles. The number of carbonyl (C=O) groups excluding carboxylic acids is 2. The molecule has 5 nitrogen and oxygen atoms in total. The molecule has 2 amide bonds. The molecule has 1 aliphatic rings. The zero-order valence-electron chi connectivity index (χ0n) is 16.6. The summed E-state index contributed by atoms with van der Waals surface area (Å²) in [6.07, 6.45) is 1.98. The summed E-state index contributed by atoms with van der Waals surface area (Å²) in [6, 6.07) is 17.0. The Morgan fingerprint density at radius 3 is 2.61 bits per heavy atom. The third kappa shape index (κ3) is 4.53. The molecule has 3 rings (SSSR count). The van der Waals surface area contributed by atoms with E-state index in [0.717, 1.165) is 24.2 Å². The molecule has 2 aromatic carbocycles. The topological polar surface area (TPSA) is 58.6 Å². The third-order valence-electron chi connectivity index (χ3n) is 5.32. The summed E-state index contributed by atoms with van der Waals surface area (Å²) in [5.41, 5.74) is 1.68. The number of hydrogen-bond donors (Lipinski definition) is 1. The van der Waals surface area contributed by atoms with E-state index in [4.69, 9.17) is 4.74 Å². The van der Waals surface area contributed by atoms with Gasteiger partial charge < -0.3 is 15.0 Å². The molecule has 1 aliphatic heterocycles. The van der Waals surface area contributed by atoms with Crippen LogP contribution in [0.4, 0.5) is 0 Å². The summed E-state index contributed by atoms with van der Waals surface area (Å²) in [7, 11) is 1.63. The molecule has 0 bridgehead atoms. The van der Waals surface area contributed by atoms with Gasteiger partial charge in [-0.2, -0.15) is 0 Å². The molecular formula is C23H28N2O3. The molecule has 0 aliphatic carbocycles. The number of likely N-dealkylation sites (tertiary alicyclic amines) is 1. The van der Waals surface area contributed by atoms with E-state index in [0.29, 0.717) is 25.2 Å². The maximum absolute atomic E-state index is 12.9. The molecule has 2 unspecified atom stereocenters. The average Bonchev–Trinajstić information content (AvgIpc) is 3.19. The number of hydrogen-bond acceptors (Lipinski definition) is 3. The van der Waals surface area contributed by atoms with Gasteiger partial charge in [-0.1, -0.05) is 43.7 Å². The van der Waals surface area contributed by atoms with Gasteiger partial charge in [-0.25, -0.2) is 0 Å². The van der Waals surface area contributed by atoms with Crippen molar-refractivity contribution in [2.24, 2.45) is 5.92 Å². The molecule has 1 heterocycles. The van der Waals surface area contributed by atoms with Gasteiger partial charge in [0.05, 0.1) is 13.0 Å². The number of ether oxygens (including phenoxy) is 1. The van der Waals surface area contributed by atoms with Crippen molar-refractivity contribution in [1.82, 2.24) is 10.2 Å². The molecule has 2 aromatic rings. The molecule has 1 N–H and O–H groups in total. The SMILES string of the molecule is CCCCNC(=O)C1CN(C(=O)c2ccccc2)CC1c1cccc(OC)c1. The highest BCUT2D eigenvalue weighted by molar-refractivity contribution is 5.95. The summed E-state index contributed by atoms with van der Waals surface area (Å²) in [6.45, 7) is 3.71. The number of unbranched alkanes of at least 4 members (excludes halogenated alkanes) is 1. The lowest BCUT2D eigenvalue weighted by Crippen LogP contribution is -2.36. The number of nitrogens with one attached hydrogen (secondary N) is 1.